The van der Waals surface area contributed by atoms with Crippen molar-refractivity contribution in [3.8, 4) is 11.5 Å². The smallest absolute Gasteiger partial charge is 0.311 e. The molecule has 1 aliphatic carbocycles. The van der Waals surface area contributed by atoms with Crippen LogP contribution in [-0.4, -0.2) is 71.2 Å². The fourth-order valence-electron chi connectivity index (χ4n) is 6.58. The van der Waals surface area contributed by atoms with Crippen molar-refractivity contribution in [1.82, 2.24) is 10.3 Å². The topological polar surface area (TPSA) is 198 Å². The van der Waals surface area contributed by atoms with Crippen molar-refractivity contribution >= 4 is 46.9 Å². The van der Waals surface area contributed by atoms with Crippen LogP contribution in [0.15, 0.2) is 72.9 Å². The van der Waals surface area contributed by atoms with Gasteiger partial charge in [0.25, 0.3) is 5.91 Å². The SMILES string of the molecule is COc1ccnc(C(=O)N[C@H]2CC(=O)C(=O)[C@H](Cc3ccccc3)[C@H](OC(=O)C(C)C)[C@H](C)C(=O)C2=O)c1OC(=O)CCCCCCCCC(=O)OCc1ccccc1. The number of amides is 1. The van der Waals surface area contributed by atoms with Gasteiger partial charge in [0.05, 0.1) is 24.9 Å². The Morgan fingerprint density at radius 2 is 1.36 bits per heavy atom. The second-order valence-electron chi connectivity index (χ2n) is 14.8. The Kier molecular flexibility index (Phi) is 17.6. The van der Waals surface area contributed by atoms with E-state index in [0.29, 0.717) is 31.2 Å². The van der Waals surface area contributed by atoms with Crippen molar-refractivity contribution < 1.29 is 57.3 Å². The predicted molar refractivity (Wildman–Crippen MR) is 213 cm³/mol. The number of ketones is 4. The van der Waals surface area contributed by atoms with Crippen molar-refractivity contribution in [2.75, 3.05) is 7.11 Å². The van der Waals surface area contributed by atoms with E-state index < -0.39 is 83.0 Å². The van der Waals surface area contributed by atoms with E-state index in [1.165, 1.54) is 26.3 Å². The maximum Gasteiger partial charge on any atom is 0.311 e. The molecule has 14 heteroatoms. The Hall–Kier alpha value is -6.05. The molecular weight excluding hydrogens is 760 g/mol. The molecule has 0 saturated heterocycles. The summed E-state index contributed by atoms with van der Waals surface area (Å²) in [6.45, 7) is 4.72. The van der Waals surface area contributed by atoms with Crippen molar-refractivity contribution in [2.24, 2.45) is 17.8 Å². The highest BCUT2D eigenvalue weighted by atomic mass is 16.6. The van der Waals surface area contributed by atoms with E-state index in [1.807, 2.05) is 30.3 Å². The lowest BCUT2D eigenvalue weighted by Gasteiger charge is -2.29. The number of esters is 3. The van der Waals surface area contributed by atoms with E-state index in [-0.39, 0.29) is 36.9 Å². The molecule has 0 spiro atoms. The van der Waals surface area contributed by atoms with Crippen LogP contribution in [0.25, 0.3) is 0 Å². The minimum Gasteiger partial charge on any atom is -0.493 e. The molecule has 314 valence electrons. The summed E-state index contributed by atoms with van der Waals surface area (Å²) in [7, 11) is 1.29. The van der Waals surface area contributed by atoms with Gasteiger partial charge in [-0.15, -0.1) is 0 Å². The number of hydrogen-bond acceptors (Lipinski definition) is 13. The number of Topliss-reactive ketones (excluding diaryl/α,β-unsaturated/α-hetero) is 4. The molecule has 14 nitrogen and oxygen atoms in total. The lowest BCUT2D eigenvalue weighted by atomic mass is 9.81. The molecule has 1 N–H and O–H groups in total. The third kappa shape index (κ3) is 13.5. The van der Waals surface area contributed by atoms with E-state index in [0.717, 1.165) is 24.8 Å². The van der Waals surface area contributed by atoms with Crippen molar-refractivity contribution in [3.05, 3.63) is 89.7 Å². The molecule has 0 radical (unpaired) electrons. The van der Waals surface area contributed by atoms with Gasteiger partial charge in [0.1, 0.15) is 18.8 Å². The molecule has 4 rings (SSSR count). The quantitative estimate of drug-likeness (QED) is 0.0880. The summed E-state index contributed by atoms with van der Waals surface area (Å²) in [6, 6.07) is 17.7. The lowest BCUT2D eigenvalue weighted by molar-refractivity contribution is -0.163. The normalized spacial score (nSPS) is 18.3. The molecule has 1 heterocycles. The summed E-state index contributed by atoms with van der Waals surface area (Å²) in [5, 5.41) is 2.36. The Bertz CT molecular complexity index is 1960. The van der Waals surface area contributed by atoms with Gasteiger partial charge in [0, 0.05) is 31.5 Å². The first-order valence-corrected chi connectivity index (χ1v) is 19.9. The van der Waals surface area contributed by atoms with Gasteiger partial charge in [-0.1, -0.05) is 107 Å². The number of carbonyl (C=O) groups is 8. The minimum atomic E-state index is -1.79. The van der Waals surface area contributed by atoms with Gasteiger partial charge < -0.3 is 24.3 Å². The molecule has 3 aromatic rings. The molecule has 2 aromatic carbocycles. The van der Waals surface area contributed by atoms with E-state index in [1.54, 1.807) is 44.2 Å². The first kappa shape index (κ1) is 45.6. The fraction of sp³-hybridized carbons (Fsp3) is 0.444. The van der Waals surface area contributed by atoms with Crippen LogP contribution in [-0.2, 0) is 56.1 Å². The summed E-state index contributed by atoms with van der Waals surface area (Å²) in [5.41, 5.74) is 1.10. The number of nitrogens with zero attached hydrogens (tertiary/aromatic N) is 1. The second kappa shape index (κ2) is 22.8. The number of hydrogen-bond donors (Lipinski definition) is 1. The highest BCUT2D eigenvalue weighted by Crippen LogP contribution is 2.31. The summed E-state index contributed by atoms with van der Waals surface area (Å²) >= 11 is 0. The molecule has 0 unspecified atom stereocenters. The predicted octanol–water partition coefficient (Wildman–Crippen LogP) is 5.70. The maximum absolute atomic E-state index is 13.8. The molecule has 59 heavy (non-hydrogen) atoms. The van der Waals surface area contributed by atoms with Gasteiger partial charge >= 0.3 is 17.9 Å². The zero-order chi connectivity index (χ0) is 42.9. The highest BCUT2D eigenvalue weighted by molar-refractivity contribution is 6.44. The summed E-state index contributed by atoms with van der Waals surface area (Å²) in [5.74, 6) is -10.6. The van der Waals surface area contributed by atoms with Gasteiger partial charge in [0.2, 0.25) is 28.9 Å². The van der Waals surface area contributed by atoms with Crippen LogP contribution in [0.5, 0.6) is 11.5 Å². The molecule has 0 bridgehead atoms. The minimum absolute atomic E-state index is 0.00172. The van der Waals surface area contributed by atoms with Crippen LogP contribution in [0.4, 0.5) is 0 Å². The molecule has 1 aromatic heterocycles. The Labute approximate surface area is 343 Å². The number of ether oxygens (including phenoxy) is 4. The van der Waals surface area contributed by atoms with Gasteiger partial charge in [-0.25, -0.2) is 4.98 Å². The third-order valence-corrected chi connectivity index (χ3v) is 9.96. The first-order valence-electron chi connectivity index (χ1n) is 19.9. The molecular formula is C45H52N2O12. The van der Waals surface area contributed by atoms with Crippen LogP contribution in [0.3, 0.4) is 0 Å². The number of rotatable bonds is 19. The van der Waals surface area contributed by atoms with E-state index in [9.17, 15) is 38.4 Å². The standard InChI is InChI=1S/C45H52N2O12/c1-28(2)45(55)59-42-29(3)39(51)41(53)33(26-34(48)40(52)32(42)25-30-17-11-9-12-18-30)47-44(54)38-43(35(56-4)23-24-46-38)58-37(50)22-16-8-6-5-7-15-21-36(49)57-27-31-19-13-10-14-20-31/h9-14,17-20,23-24,28-29,32-33,42H,5-8,15-16,21-22,25-27H2,1-4H3,(H,47,54)/t29-,32+,33+,42-/m1/s1. The van der Waals surface area contributed by atoms with Gasteiger partial charge in [-0.2, -0.15) is 0 Å². The molecule has 4 atom stereocenters. The maximum atomic E-state index is 13.8. The lowest BCUT2D eigenvalue weighted by Crippen LogP contribution is -2.48. The van der Waals surface area contributed by atoms with Gasteiger partial charge in [0.15, 0.2) is 11.4 Å². The van der Waals surface area contributed by atoms with Crippen LogP contribution in [0, 0.1) is 17.8 Å². The van der Waals surface area contributed by atoms with Crippen LogP contribution < -0.4 is 14.8 Å². The molecule has 1 aliphatic rings. The Morgan fingerprint density at radius 1 is 0.763 bits per heavy atom. The first-order chi connectivity index (χ1) is 28.3. The Morgan fingerprint density at radius 3 is 1.97 bits per heavy atom. The third-order valence-electron chi connectivity index (χ3n) is 9.96. The number of benzene rings is 2. The van der Waals surface area contributed by atoms with Crippen molar-refractivity contribution in [2.45, 2.75) is 104 Å². The molecule has 1 saturated carbocycles. The average Bonchev–Trinajstić information content (AvgIpc) is 3.25. The van der Waals surface area contributed by atoms with Crippen molar-refractivity contribution in [3.63, 3.8) is 0 Å². The van der Waals surface area contributed by atoms with Crippen LogP contribution >= 0.6 is 0 Å². The van der Waals surface area contributed by atoms with Gasteiger partial charge in [-0.3, -0.25) is 38.4 Å². The Balaban J connectivity index is 1.37. The zero-order valence-corrected chi connectivity index (χ0v) is 33.9. The number of methoxy groups -OCH3 is 1. The van der Waals surface area contributed by atoms with E-state index in [4.69, 9.17) is 18.9 Å². The molecule has 0 aliphatic heterocycles. The van der Waals surface area contributed by atoms with Gasteiger partial charge in [-0.05, 0) is 30.4 Å². The zero-order valence-electron chi connectivity index (χ0n) is 33.9. The largest absolute Gasteiger partial charge is 0.493 e. The summed E-state index contributed by atoms with van der Waals surface area (Å²) < 4.78 is 21.9. The monoisotopic (exact) mass is 812 g/mol. The number of nitrogens with one attached hydrogen (secondary N) is 1. The summed E-state index contributed by atoms with van der Waals surface area (Å²) in [4.78, 5) is 110. The second-order valence-corrected chi connectivity index (χ2v) is 14.8. The number of carbonyl (C=O) groups excluding carboxylic acids is 8. The van der Waals surface area contributed by atoms with Crippen LogP contribution in [0.2, 0.25) is 0 Å². The van der Waals surface area contributed by atoms with Crippen molar-refractivity contribution in [1.29, 1.82) is 0 Å². The average molecular weight is 813 g/mol. The summed E-state index contributed by atoms with van der Waals surface area (Å²) in [6.07, 6.45) is 3.56. The molecule has 1 amide bonds. The van der Waals surface area contributed by atoms with Crippen LogP contribution in [0.1, 0.15) is 100 Å². The van der Waals surface area contributed by atoms with E-state index >= 15 is 0 Å². The number of pyridine rings is 1. The van der Waals surface area contributed by atoms with E-state index in [2.05, 4.69) is 10.3 Å². The number of aromatic nitrogens is 1. The highest BCUT2D eigenvalue weighted by Gasteiger charge is 2.47. The number of unbranched alkanes of at least 4 members (excludes halogenated alkanes) is 5. The fourth-order valence-corrected chi connectivity index (χ4v) is 6.58. The molecule has 1 fully saturated rings.